The van der Waals surface area contributed by atoms with Crippen LogP contribution in [0.15, 0.2) is 41.6 Å². The topological polar surface area (TPSA) is 55.4 Å². The predicted molar refractivity (Wildman–Crippen MR) is 53.8 cm³/mol. The maximum atomic E-state index is 10.5. The van der Waals surface area contributed by atoms with Crippen LogP contribution in [0.25, 0.3) is 10.8 Å². The molecule has 0 radical (unpaired) electrons. The van der Waals surface area contributed by atoms with Crippen LogP contribution in [0.5, 0.6) is 0 Å². The zero-order chi connectivity index (χ0) is 9.26. The van der Waals surface area contributed by atoms with Crippen LogP contribution >= 0.6 is 0 Å². The van der Waals surface area contributed by atoms with Gasteiger partial charge in [-0.3, -0.25) is 0 Å². The molecule has 3 heteroatoms. The molecule has 0 aromatic heterocycles. The van der Waals surface area contributed by atoms with Gasteiger partial charge in [-0.05, 0) is 22.7 Å². The highest BCUT2D eigenvalue weighted by Gasteiger charge is 2.02. The summed E-state index contributed by atoms with van der Waals surface area (Å²) in [6, 6.07) is 10.9. The van der Waals surface area contributed by atoms with Crippen LogP contribution in [0, 0.1) is 4.91 Å². The molecule has 0 saturated heterocycles. The lowest BCUT2D eigenvalue weighted by Gasteiger charge is -2.02. The van der Waals surface area contributed by atoms with E-state index in [0.29, 0.717) is 11.4 Å². The number of nitrogen functional groups attached to an aromatic ring is 1. The molecule has 0 aliphatic carbocycles. The van der Waals surface area contributed by atoms with Gasteiger partial charge in [0.05, 0.1) is 0 Å². The third-order valence-corrected chi connectivity index (χ3v) is 2.01. The second kappa shape index (κ2) is 2.86. The van der Waals surface area contributed by atoms with Gasteiger partial charge < -0.3 is 5.73 Å². The fourth-order valence-electron chi connectivity index (χ4n) is 1.43. The first-order valence-electron chi connectivity index (χ1n) is 3.93. The van der Waals surface area contributed by atoms with Gasteiger partial charge in [0, 0.05) is 11.1 Å². The first kappa shape index (κ1) is 7.73. The predicted octanol–water partition coefficient (Wildman–Crippen LogP) is 2.82. The average molecular weight is 172 g/mol. The van der Waals surface area contributed by atoms with Gasteiger partial charge in [0.1, 0.15) is 5.69 Å². The maximum Gasteiger partial charge on any atom is 0.117 e. The van der Waals surface area contributed by atoms with Crippen molar-refractivity contribution in [1.29, 1.82) is 0 Å². The molecule has 0 fully saturated rings. The van der Waals surface area contributed by atoms with E-state index in [0.717, 1.165) is 10.8 Å². The minimum absolute atomic E-state index is 0.399. The van der Waals surface area contributed by atoms with Gasteiger partial charge in [-0.25, -0.2) is 0 Å². The summed E-state index contributed by atoms with van der Waals surface area (Å²) < 4.78 is 0. The van der Waals surface area contributed by atoms with Crippen LogP contribution < -0.4 is 5.73 Å². The summed E-state index contributed by atoms with van der Waals surface area (Å²) in [6.07, 6.45) is 0. The normalized spacial score (nSPS) is 10.2. The van der Waals surface area contributed by atoms with Crippen molar-refractivity contribution in [2.75, 3.05) is 5.73 Å². The van der Waals surface area contributed by atoms with Gasteiger partial charge >= 0.3 is 0 Å². The zero-order valence-corrected chi connectivity index (χ0v) is 6.90. The van der Waals surface area contributed by atoms with Crippen molar-refractivity contribution >= 4 is 22.1 Å². The van der Waals surface area contributed by atoms with Crippen molar-refractivity contribution in [1.82, 2.24) is 0 Å². The lowest BCUT2D eigenvalue weighted by molar-refractivity contribution is 1.54. The Balaban J connectivity index is 2.94. The van der Waals surface area contributed by atoms with Crippen molar-refractivity contribution < 1.29 is 0 Å². The van der Waals surface area contributed by atoms with Gasteiger partial charge in [0.2, 0.25) is 0 Å². The van der Waals surface area contributed by atoms with E-state index >= 15 is 0 Å². The van der Waals surface area contributed by atoms with E-state index in [4.69, 9.17) is 5.73 Å². The molecule has 2 aromatic rings. The van der Waals surface area contributed by atoms with Crippen LogP contribution in [-0.4, -0.2) is 0 Å². The second-order valence-electron chi connectivity index (χ2n) is 2.81. The van der Waals surface area contributed by atoms with E-state index in [1.807, 2.05) is 18.2 Å². The largest absolute Gasteiger partial charge is 0.398 e. The third kappa shape index (κ3) is 1.14. The monoisotopic (exact) mass is 172 g/mol. The molecular weight excluding hydrogens is 164 g/mol. The molecule has 2 aromatic carbocycles. The van der Waals surface area contributed by atoms with Crippen molar-refractivity contribution in [2.24, 2.45) is 5.18 Å². The van der Waals surface area contributed by atoms with Gasteiger partial charge in [-0.1, -0.05) is 24.3 Å². The van der Waals surface area contributed by atoms with Crippen LogP contribution in [0.4, 0.5) is 11.4 Å². The summed E-state index contributed by atoms with van der Waals surface area (Å²) in [5, 5.41) is 4.61. The molecule has 13 heavy (non-hydrogen) atoms. The van der Waals surface area contributed by atoms with Crippen molar-refractivity contribution in [3.8, 4) is 0 Å². The quantitative estimate of drug-likeness (QED) is 0.531. The number of rotatable bonds is 1. The molecule has 0 heterocycles. The Morgan fingerprint density at radius 1 is 1.08 bits per heavy atom. The van der Waals surface area contributed by atoms with Crippen molar-refractivity contribution in [3.05, 3.63) is 41.3 Å². The molecule has 0 bridgehead atoms. The molecule has 0 spiro atoms. The Hall–Kier alpha value is -1.90. The molecule has 0 amide bonds. The van der Waals surface area contributed by atoms with Gasteiger partial charge in [0.15, 0.2) is 0 Å². The van der Waals surface area contributed by atoms with Crippen molar-refractivity contribution in [3.63, 3.8) is 0 Å². The molecule has 64 valence electrons. The Labute approximate surface area is 75.1 Å². The van der Waals surface area contributed by atoms with Crippen molar-refractivity contribution in [2.45, 2.75) is 0 Å². The molecule has 2 N–H and O–H groups in total. The number of anilines is 1. The molecule has 0 atom stereocenters. The molecule has 0 aliphatic rings. The van der Waals surface area contributed by atoms with E-state index in [-0.39, 0.29) is 0 Å². The standard InChI is InChI=1S/C10H8N2O/c11-8-5-1-3-7-4-2-6-9(12-13)10(7)8/h1-6H,11H2. The van der Waals surface area contributed by atoms with E-state index in [1.54, 1.807) is 18.2 Å². The number of hydrogen-bond acceptors (Lipinski definition) is 3. The number of hydrogen-bond donors (Lipinski definition) is 1. The Kier molecular flexibility index (Phi) is 1.70. The van der Waals surface area contributed by atoms with Gasteiger partial charge in [-0.2, -0.15) is 0 Å². The van der Waals surface area contributed by atoms with Crippen LogP contribution in [0.1, 0.15) is 0 Å². The minimum atomic E-state index is 0.399. The zero-order valence-electron chi connectivity index (χ0n) is 6.90. The minimum Gasteiger partial charge on any atom is -0.398 e. The summed E-state index contributed by atoms with van der Waals surface area (Å²) in [5.74, 6) is 0. The highest BCUT2D eigenvalue weighted by molar-refractivity contribution is 6.01. The smallest absolute Gasteiger partial charge is 0.117 e. The number of fused-ring (bicyclic) bond motifs is 1. The summed E-state index contributed by atoms with van der Waals surface area (Å²) in [5.41, 5.74) is 6.72. The molecule has 3 nitrogen and oxygen atoms in total. The Morgan fingerprint density at radius 3 is 2.46 bits per heavy atom. The average Bonchev–Trinajstić information content (AvgIpc) is 2.17. The Bertz CT molecular complexity index is 460. The SMILES string of the molecule is Nc1cccc2cccc(N=O)c12. The van der Waals surface area contributed by atoms with Crippen LogP contribution in [0.3, 0.4) is 0 Å². The summed E-state index contributed by atoms with van der Waals surface area (Å²) in [7, 11) is 0. The molecule has 0 unspecified atom stereocenters. The summed E-state index contributed by atoms with van der Waals surface area (Å²) in [6.45, 7) is 0. The first-order valence-corrected chi connectivity index (χ1v) is 3.93. The highest BCUT2D eigenvalue weighted by atomic mass is 16.3. The number of benzene rings is 2. The van der Waals surface area contributed by atoms with E-state index in [1.165, 1.54) is 0 Å². The van der Waals surface area contributed by atoms with Crippen LogP contribution in [0.2, 0.25) is 0 Å². The summed E-state index contributed by atoms with van der Waals surface area (Å²) in [4.78, 5) is 10.5. The number of nitrogens with two attached hydrogens (primary N) is 1. The molecule has 0 aliphatic heterocycles. The lowest BCUT2D eigenvalue weighted by Crippen LogP contribution is -1.85. The highest BCUT2D eigenvalue weighted by Crippen LogP contribution is 2.30. The second-order valence-corrected chi connectivity index (χ2v) is 2.81. The van der Waals surface area contributed by atoms with E-state index < -0.39 is 0 Å². The maximum absolute atomic E-state index is 10.5. The van der Waals surface area contributed by atoms with Crippen LogP contribution in [-0.2, 0) is 0 Å². The van der Waals surface area contributed by atoms with Gasteiger partial charge in [0.25, 0.3) is 0 Å². The van der Waals surface area contributed by atoms with Gasteiger partial charge in [-0.15, -0.1) is 4.91 Å². The van der Waals surface area contributed by atoms with E-state index in [2.05, 4.69) is 5.18 Å². The number of nitroso groups, excluding NO2 is 1. The summed E-state index contributed by atoms with van der Waals surface area (Å²) >= 11 is 0. The van der Waals surface area contributed by atoms with E-state index in [9.17, 15) is 4.91 Å². The first-order chi connectivity index (χ1) is 6.33. The molecule has 0 saturated carbocycles. The fourth-order valence-corrected chi connectivity index (χ4v) is 1.43. The lowest BCUT2D eigenvalue weighted by atomic mass is 10.1. The number of nitrogens with zero attached hydrogens (tertiary/aromatic N) is 1. The molecular formula is C10H8N2O. The Morgan fingerprint density at radius 2 is 1.77 bits per heavy atom. The fraction of sp³-hybridized carbons (Fsp3) is 0. The molecule has 2 rings (SSSR count). The third-order valence-electron chi connectivity index (χ3n) is 2.01.